The lowest BCUT2D eigenvalue weighted by atomic mass is 10.0. The summed E-state index contributed by atoms with van der Waals surface area (Å²) in [5, 5.41) is -0.0699. The molecule has 0 saturated heterocycles. The van der Waals surface area contributed by atoms with Crippen molar-refractivity contribution in [1.82, 2.24) is 14.5 Å². The molecule has 20 heavy (non-hydrogen) atoms. The Balaban J connectivity index is 1.81. The van der Waals surface area contributed by atoms with Crippen LogP contribution >= 0.6 is 11.6 Å². The Kier molecular flexibility index (Phi) is 2.65. The summed E-state index contributed by atoms with van der Waals surface area (Å²) in [6, 6.07) is 2.11. The fourth-order valence-corrected chi connectivity index (χ4v) is 3.62. The van der Waals surface area contributed by atoms with E-state index in [0.29, 0.717) is 5.41 Å². The first-order valence-corrected chi connectivity index (χ1v) is 7.99. The summed E-state index contributed by atoms with van der Waals surface area (Å²) in [7, 11) is 0. The molecule has 4 heteroatoms. The van der Waals surface area contributed by atoms with E-state index < -0.39 is 0 Å². The van der Waals surface area contributed by atoms with Gasteiger partial charge in [0.15, 0.2) is 5.65 Å². The largest absolute Gasteiger partial charge is 0.311 e. The molecule has 0 aliphatic heterocycles. The highest BCUT2D eigenvalue weighted by molar-refractivity contribution is 6.20. The van der Waals surface area contributed by atoms with Crippen LogP contribution in [0.2, 0.25) is 0 Å². The van der Waals surface area contributed by atoms with Crippen LogP contribution in [0.3, 0.4) is 0 Å². The molecule has 0 amide bonds. The summed E-state index contributed by atoms with van der Waals surface area (Å²) in [5.41, 5.74) is 3.67. The Morgan fingerprint density at radius 1 is 1.45 bits per heavy atom. The van der Waals surface area contributed by atoms with Gasteiger partial charge in [0.05, 0.1) is 5.38 Å². The van der Waals surface area contributed by atoms with E-state index in [1.54, 1.807) is 0 Å². The molecule has 2 aliphatic carbocycles. The molecule has 3 nitrogen and oxygen atoms in total. The number of hydrogen-bond donors (Lipinski definition) is 0. The highest BCUT2D eigenvalue weighted by Crippen LogP contribution is 2.62. The van der Waals surface area contributed by atoms with E-state index in [-0.39, 0.29) is 5.38 Å². The SMILES string of the molecule is Cc1cnc2c(c1)nc(C(C)Cl)n2CC1(C2CC2)CC1. The average Bonchev–Trinajstić information content (AvgIpc) is 3.27. The molecule has 2 aromatic rings. The lowest BCUT2D eigenvalue weighted by Gasteiger charge is -2.18. The molecule has 2 aliphatic rings. The number of nitrogens with zero attached hydrogens (tertiary/aromatic N) is 3. The second kappa shape index (κ2) is 4.20. The quantitative estimate of drug-likeness (QED) is 0.789. The number of aromatic nitrogens is 3. The zero-order chi connectivity index (χ0) is 13.9. The van der Waals surface area contributed by atoms with Crippen LogP contribution in [0.4, 0.5) is 0 Å². The molecule has 2 aromatic heterocycles. The van der Waals surface area contributed by atoms with E-state index in [9.17, 15) is 0 Å². The van der Waals surface area contributed by atoms with E-state index in [2.05, 4.69) is 22.5 Å². The molecule has 0 N–H and O–H groups in total. The first kappa shape index (κ1) is 12.6. The van der Waals surface area contributed by atoms with Gasteiger partial charge in [0.25, 0.3) is 0 Å². The van der Waals surface area contributed by atoms with E-state index >= 15 is 0 Å². The minimum absolute atomic E-state index is 0.0699. The van der Waals surface area contributed by atoms with Crippen LogP contribution in [0.25, 0.3) is 11.2 Å². The molecule has 2 fully saturated rings. The first-order valence-electron chi connectivity index (χ1n) is 7.56. The normalized spacial score (nSPS) is 22.1. The molecule has 0 spiro atoms. The van der Waals surface area contributed by atoms with E-state index in [1.807, 2.05) is 13.1 Å². The number of pyridine rings is 1. The van der Waals surface area contributed by atoms with E-state index in [1.165, 1.54) is 25.7 Å². The molecular weight excluding hydrogens is 270 g/mol. The zero-order valence-corrected chi connectivity index (χ0v) is 12.8. The minimum Gasteiger partial charge on any atom is -0.311 e. The summed E-state index contributed by atoms with van der Waals surface area (Å²) >= 11 is 6.35. The van der Waals surface area contributed by atoms with E-state index in [4.69, 9.17) is 16.6 Å². The first-order chi connectivity index (χ1) is 9.59. The van der Waals surface area contributed by atoms with Crippen molar-refractivity contribution in [3.8, 4) is 0 Å². The van der Waals surface area contributed by atoms with Crippen LogP contribution < -0.4 is 0 Å². The van der Waals surface area contributed by atoms with Gasteiger partial charge in [-0.3, -0.25) is 0 Å². The Morgan fingerprint density at radius 3 is 2.80 bits per heavy atom. The molecule has 2 heterocycles. The van der Waals surface area contributed by atoms with Crippen molar-refractivity contribution in [2.75, 3.05) is 0 Å². The summed E-state index contributed by atoms with van der Waals surface area (Å²) in [5.74, 6) is 1.91. The maximum atomic E-state index is 6.35. The van der Waals surface area contributed by atoms with Crippen LogP contribution in [-0.4, -0.2) is 14.5 Å². The number of fused-ring (bicyclic) bond motifs is 1. The molecule has 0 radical (unpaired) electrons. The molecule has 106 valence electrons. The number of rotatable bonds is 4. The number of hydrogen-bond acceptors (Lipinski definition) is 2. The van der Waals surface area contributed by atoms with Crippen LogP contribution in [0.5, 0.6) is 0 Å². The Hall–Kier alpha value is -1.09. The van der Waals surface area contributed by atoms with Gasteiger partial charge in [-0.05, 0) is 62.5 Å². The Morgan fingerprint density at radius 2 is 2.20 bits per heavy atom. The van der Waals surface area contributed by atoms with Crippen molar-refractivity contribution in [2.45, 2.75) is 51.5 Å². The highest BCUT2D eigenvalue weighted by atomic mass is 35.5. The third-order valence-electron chi connectivity index (χ3n) is 4.92. The smallest absolute Gasteiger partial charge is 0.160 e. The fraction of sp³-hybridized carbons (Fsp3) is 0.625. The van der Waals surface area contributed by atoms with Crippen molar-refractivity contribution >= 4 is 22.8 Å². The van der Waals surface area contributed by atoms with Crippen molar-refractivity contribution in [3.63, 3.8) is 0 Å². The predicted octanol–water partition coefficient (Wildman–Crippen LogP) is 4.23. The number of alkyl halides is 1. The lowest BCUT2D eigenvalue weighted by Crippen LogP contribution is -2.16. The Bertz CT molecular complexity index is 666. The van der Waals surface area contributed by atoms with Gasteiger partial charge in [0, 0.05) is 12.7 Å². The van der Waals surface area contributed by atoms with Crippen molar-refractivity contribution < 1.29 is 0 Å². The fourth-order valence-electron chi connectivity index (χ4n) is 3.46. The second-order valence-electron chi connectivity index (χ2n) is 6.66. The van der Waals surface area contributed by atoms with Gasteiger partial charge < -0.3 is 4.57 Å². The lowest BCUT2D eigenvalue weighted by molar-refractivity contribution is 0.368. The van der Waals surface area contributed by atoms with E-state index in [0.717, 1.165) is 35.0 Å². The van der Waals surface area contributed by atoms with Gasteiger partial charge in [-0.1, -0.05) is 0 Å². The monoisotopic (exact) mass is 289 g/mol. The second-order valence-corrected chi connectivity index (χ2v) is 7.32. The van der Waals surface area contributed by atoms with Crippen molar-refractivity contribution in [3.05, 3.63) is 23.7 Å². The third-order valence-corrected chi connectivity index (χ3v) is 5.11. The maximum Gasteiger partial charge on any atom is 0.160 e. The highest BCUT2D eigenvalue weighted by Gasteiger charge is 2.54. The van der Waals surface area contributed by atoms with Gasteiger partial charge in [-0.2, -0.15) is 0 Å². The minimum atomic E-state index is -0.0699. The van der Waals surface area contributed by atoms with Gasteiger partial charge in [-0.25, -0.2) is 9.97 Å². The van der Waals surface area contributed by atoms with Gasteiger partial charge in [-0.15, -0.1) is 11.6 Å². The van der Waals surface area contributed by atoms with Crippen LogP contribution in [0.1, 0.15) is 49.4 Å². The summed E-state index contributed by atoms with van der Waals surface area (Å²) in [6.07, 6.45) is 7.47. The molecule has 1 unspecified atom stereocenters. The van der Waals surface area contributed by atoms with Gasteiger partial charge in [0.2, 0.25) is 0 Å². The molecule has 0 aromatic carbocycles. The zero-order valence-electron chi connectivity index (χ0n) is 12.1. The summed E-state index contributed by atoms with van der Waals surface area (Å²) in [4.78, 5) is 9.35. The Labute approximate surface area is 124 Å². The number of aryl methyl sites for hydroxylation is 1. The molecule has 0 bridgehead atoms. The number of imidazole rings is 1. The van der Waals surface area contributed by atoms with Gasteiger partial charge >= 0.3 is 0 Å². The predicted molar refractivity (Wildman–Crippen MR) is 80.9 cm³/mol. The molecular formula is C16H20ClN3. The maximum absolute atomic E-state index is 6.35. The van der Waals surface area contributed by atoms with Gasteiger partial charge in [0.1, 0.15) is 11.3 Å². The average molecular weight is 290 g/mol. The summed E-state index contributed by atoms with van der Waals surface area (Å²) in [6.45, 7) is 5.11. The molecule has 4 rings (SSSR count). The van der Waals surface area contributed by atoms with Crippen molar-refractivity contribution in [2.24, 2.45) is 11.3 Å². The molecule has 2 saturated carbocycles. The van der Waals surface area contributed by atoms with Crippen LogP contribution in [0, 0.1) is 18.3 Å². The van der Waals surface area contributed by atoms with Crippen LogP contribution in [0.15, 0.2) is 12.3 Å². The third kappa shape index (κ3) is 1.95. The summed E-state index contributed by atoms with van der Waals surface area (Å²) < 4.78 is 2.29. The molecule has 1 atom stereocenters. The van der Waals surface area contributed by atoms with Crippen molar-refractivity contribution in [1.29, 1.82) is 0 Å². The topological polar surface area (TPSA) is 30.7 Å². The standard InChI is InChI=1S/C16H20ClN3/c1-10-7-13-15(18-8-10)20(14(19-13)11(2)17)9-16(5-6-16)12-3-4-12/h7-8,11-12H,3-6,9H2,1-2H3. The van der Waals surface area contributed by atoms with Crippen LogP contribution in [-0.2, 0) is 6.54 Å². The number of halogens is 1.